The Morgan fingerprint density at radius 3 is 3.21 bits per heavy atom. The lowest BCUT2D eigenvalue weighted by Gasteiger charge is -2.10. The molecule has 3 N–H and O–H groups in total. The summed E-state index contributed by atoms with van der Waals surface area (Å²) in [5.41, 5.74) is 3.50. The van der Waals surface area contributed by atoms with Crippen molar-refractivity contribution in [1.82, 2.24) is 20.6 Å². The zero-order chi connectivity index (χ0) is 13.1. The van der Waals surface area contributed by atoms with Crippen molar-refractivity contribution >= 4 is 11.0 Å². The lowest BCUT2D eigenvalue weighted by molar-refractivity contribution is 0.523. The van der Waals surface area contributed by atoms with Gasteiger partial charge in [-0.3, -0.25) is 0 Å². The maximum Gasteiger partial charge on any atom is 0.104 e. The molecule has 3 rings (SSSR count). The molecule has 1 saturated heterocycles. The van der Waals surface area contributed by atoms with Crippen molar-refractivity contribution in [2.75, 3.05) is 13.1 Å². The van der Waals surface area contributed by atoms with E-state index in [1.807, 2.05) is 6.92 Å². The number of aryl methyl sites for hydroxylation is 1. The minimum Gasteiger partial charge on any atom is -0.342 e. The summed E-state index contributed by atoms with van der Waals surface area (Å²) in [7, 11) is 0. The molecule has 102 valence electrons. The predicted octanol–water partition coefficient (Wildman–Crippen LogP) is 2.10. The van der Waals surface area contributed by atoms with Crippen molar-refractivity contribution in [3.63, 3.8) is 0 Å². The molecule has 0 bridgehead atoms. The molecule has 0 saturated carbocycles. The Balaban J connectivity index is 1.50. The van der Waals surface area contributed by atoms with Crippen LogP contribution in [-0.2, 0) is 6.54 Å². The van der Waals surface area contributed by atoms with E-state index in [2.05, 4.69) is 38.8 Å². The maximum atomic E-state index is 4.42. The molecule has 1 unspecified atom stereocenters. The molecule has 19 heavy (non-hydrogen) atoms. The third kappa shape index (κ3) is 3.14. The normalized spacial score (nSPS) is 19.3. The monoisotopic (exact) mass is 258 g/mol. The highest BCUT2D eigenvalue weighted by Crippen LogP contribution is 2.13. The van der Waals surface area contributed by atoms with Crippen molar-refractivity contribution in [1.29, 1.82) is 0 Å². The number of H-pyrrole nitrogens is 1. The van der Waals surface area contributed by atoms with Gasteiger partial charge in [-0.15, -0.1) is 0 Å². The van der Waals surface area contributed by atoms with Gasteiger partial charge >= 0.3 is 0 Å². The van der Waals surface area contributed by atoms with Crippen molar-refractivity contribution < 1.29 is 0 Å². The molecule has 2 heterocycles. The fourth-order valence-electron chi connectivity index (χ4n) is 2.81. The molecule has 0 aliphatic carbocycles. The number of benzene rings is 1. The standard InChI is InChI=1S/C15H22N4/c1-11-18-14-5-4-12(9-15(14)19-11)10-16-8-6-13-3-2-7-17-13/h4-5,9,13,16-17H,2-3,6-8,10H2,1H3,(H,18,19). The third-order valence-electron chi connectivity index (χ3n) is 3.83. The average Bonchev–Trinajstić information content (AvgIpc) is 3.02. The highest BCUT2D eigenvalue weighted by atomic mass is 14.9. The molecule has 0 radical (unpaired) electrons. The number of rotatable bonds is 5. The van der Waals surface area contributed by atoms with Crippen LogP contribution in [0.4, 0.5) is 0 Å². The number of nitrogens with zero attached hydrogens (tertiary/aromatic N) is 1. The van der Waals surface area contributed by atoms with Gasteiger partial charge < -0.3 is 15.6 Å². The number of nitrogens with one attached hydrogen (secondary N) is 3. The van der Waals surface area contributed by atoms with Gasteiger partial charge in [0.05, 0.1) is 11.0 Å². The first-order chi connectivity index (χ1) is 9.31. The Labute approximate surface area is 114 Å². The molecular formula is C15H22N4. The molecule has 4 nitrogen and oxygen atoms in total. The quantitative estimate of drug-likeness (QED) is 0.720. The van der Waals surface area contributed by atoms with E-state index < -0.39 is 0 Å². The molecule has 0 spiro atoms. The lowest BCUT2D eigenvalue weighted by Crippen LogP contribution is -2.26. The number of aromatic amines is 1. The van der Waals surface area contributed by atoms with Crippen LogP contribution in [0.1, 0.15) is 30.7 Å². The zero-order valence-corrected chi connectivity index (χ0v) is 11.5. The van der Waals surface area contributed by atoms with Gasteiger partial charge in [0.25, 0.3) is 0 Å². The smallest absolute Gasteiger partial charge is 0.104 e. The Bertz CT molecular complexity index is 540. The average molecular weight is 258 g/mol. The van der Waals surface area contributed by atoms with E-state index in [0.29, 0.717) is 0 Å². The van der Waals surface area contributed by atoms with Crippen molar-refractivity contribution in [3.8, 4) is 0 Å². The summed E-state index contributed by atoms with van der Waals surface area (Å²) in [4.78, 5) is 7.70. The number of hydrogen-bond donors (Lipinski definition) is 3. The van der Waals surface area contributed by atoms with Gasteiger partial charge in [-0.05, 0) is 57.0 Å². The van der Waals surface area contributed by atoms with Gasteiger partial charge in [-0.25, -0.2) is 4.98 Å². The molecule has 1 fully saturated rings. The number of fused-ring (bicyclic) bond motifs is 1. The summed E-state index contributed by atoms with van der Waals surface area (Å²) in [5, 5.41) is 7.05. The van der Waals surface area contributed by atoms with Gasteiger partial charge in [0, 0.05) is 12.6 Å². The van der Waals surface area contributed by atoms with Gasteiger partial charge in [-0.1, -0.05) is 6.07 Å². The second-order valence-corrected chi connectivity index (χ2v) is 5.43. The summed E-state index contributed by atoms with van der Waals surface area (Å²) in [5.74, 6) is 0.979. The van der Waals surface area contributed by atoms with E-state index in [4.69, 9.17) is 0 Å². The number of hydrogen-bond acceptors (Lipinski definition) is 3. The molecule has 1 aromatic heterocycles. The first-order valence-electron chi connectivity index (χ1n) is 7.20. The Hall–Kier alpha value is -1.39. The van der Waals surface area contributed by atoms with Crippen LogP contribution in [0.5, 0.6) is 0 Å². The van der Waals surface area contributed by atoms with Gasteiger partial charge in [0.1, 0.15) is 5.82 Å². The summed E-state index contributed by atoms with van der Waals surface area (Å²) >= 11 is 0. The van der Waals surface area contributed by atoms with E-state index in [1.165, 1.54) is 31.4 Å². The maximum absolute atomic E-state index is 4.42. The third-order valence-corrected chi connectivity index (χ3v) is 3.83. The summed E-state index contributed by atoms with van der Waals surface area (Å²) in [6.45, 7) is 5.20. The molecule has 1 aliphatic heterocycles. The van der Waals surface area contributed by atoms with Gasteiger partial charge in [0.15, 0.2) is 0 Å². The van der Waals surface area contributed by atoms with Crippen molar-refractivity contribution in [2.24, 2.45) is 0 Å². The molecule has 1 atom stereocenters. The highest BCUT2D eigenvalue weighted by Gasteiger charge is 2.12. The second kappa shape index (κ2) is 5.72. The Morgan fingerprint density at radius 1 is 1.42 bits per heavy atom. The van der Waals surface area contributed by atoms with Crippen LogP contribution in [0.2, 0.25) is 0 Å². The SMILES string of the molecule is Cc1nc2ccc(CNCCC3CCCN3)cc2[nH]1. The van der Waals surface area contributed by atoms with Crippen LogP contribution in [0.15, 0.2) is 18.2 Å². The van der Waals surface area contributed by atoms with Gasteiger partial charge in [-0.2, -0.15) is 0 Å². The topological polar surface area (TPSA) is 52.7 Å². The van der Waals surface area contributed by atoms with E-state index >= 15 is 0 Å². The zero-order valence-electron chi connectivity index (χ0n) is 11.5. The molecular weight excluding hydrogens is 236 g/mol. The van der Waals surface area contributed by atoms with Crippen LogP contribution in [0.25, 0.3) is 11.0 Å². The van der Waals surface area contributed by atoms with Crippen molar-refractivity contribution in [3.05, 3.63) is 29.6 Å². The molecule has 1 aromatic carbocycles. The van der Waals surface area contributed by atoms with E-state index in [1.54, 1.807) is 0 Å². The minimum atomic E-state index is 0.727. The summed E-state index contributed by atoms with van der Waals surface area (Å²) < 4.78 is 0. The van der Waals surface area contributed by atoms with Crippen LogP contribution in [0.3, 0.4) is 0 Å². The highest BCUT2D eigenvalue weighted by molar-refractivity contribution is 5.75. The Morgan fingerprint density at radius 2 is 2.37 bits per heavy atom. The minimum absolute atomic E-state index is 0.727. The van der Waals surface area contributed by atoms with Gasteiger partial charge in [0.2, 0.25) is 0 Å². The van der Waals surface area contributed by atoms with Crippen LogP contribution < -0.4 is 10.6 Å². The van der Waals surface area contributed by atoms with Crippen molar-refractivity contribution in [2.45, 2.75) is 38.8 Å². The Kier molecular flexibility index (Phi) is 3.80. The number of imidazole rings is 1. The number of aromatic nitrogens is 2. The van der Waals surface area contributed by atoms with Crippen LogP contribution in [-0.4, -0.2) is 29.1 Å². The lowest BCUT2D eigenvalue weighted by atomic mass is 10.1. The molecule has 2 aromatic rings. The molecule has 0 amide bonds. The largest absolute Gasteiger partial charge is 0.342 e. The van der Waals surface area contributed by atoms with E-state index in [9.17, 15) is 0 Å². The van der Waals surface area contributed by atoms with Crippen LogP contribution in [0, 0.1) is 6.92 Å². The first kappa shape index (κ1) is 12.6. The fourth-order valence-corrected chi connectivity index (χ4v) is 2.81. The summed E-state index contributed by atoms with van der Waals surface area (Å²) in [6.07, 6.45) is 3.90. The molecule has 4 heteroatoms. The van der Waals surface area contributed by atoms with Crippen LogP contribution >= 0.6 is 0 Å². The predicted molar refractivity (Wildman–Crippen MR) is 78.2 cm³/mol. The first-order valence-corrected chi connectivity index (χ1v) is 7.20. The summed E-state index contributed by atoms with van der Waals surface area (Å²) in [6, 6.07) is 7.17. The fraction of sp³-hybridized carbons (Fsp3) is 0.533. The second-order valence-electron chi connectivity index (χ2n) is 5.43. The van der Waals surface area contributed by atoms with E-state index in [-0.39, 0.29) is 0 Å². The van der Waals surface area contributed by atoms with E-state index in [0.717, 1.165) is 36.0 Å². The molecule has 1 aliphatic rings.